The molecule has 1 saturated heterocycles. The minimum atomic E-state index is -0.369. The van der Waals surface area contributed by atoms with E-state index in [4.69, 9.17) is 13.9 Å². The van der Waals surface area contributed by atoms with E-state index in [1.165, 1.54) is 13.0 Å². The first kappa shape index (κ1) is 20.9. The predicted molar refractivity (Wildman–Crippen MR) is 116 cm³/mol. The quantitative estimate of drug-likeness (QED) is 0.554. The molecule has 1 N–H and O–H groups in total. The molecule has 1 aliphatic heterocycles. The van der Waals surface area contributed by atoms with E-state index in [1.807, 2.05) is 6.07 Å². The number of ether oxygens (including phenoxy) is 2. The molecule has 32 heavy (non-hydrogen) atoms. The van der Waals surface area contributed by atoms with Crippen LogP contribution in [0.2, 0.25) is 0 Å². The maximum atomic E-state index is 12.1. The van der Waals surface area contributed by atoms with Gasteiger partial charge in [-0.3, -0.25) is 4.79 Å². The summed E-state index contributed by atoms with van der Waals surface area (Å²) in [6.07, 6.45) is 8.20. The molecule has 1 spiro atoms. The third-order valence-corrected chi connectivity index (χ3v) is 10.5. The number of esters is 1. The van der Waals surface area contributed by atoms with Crippen molar-refractivity contribution in [1.82, 2.24) is 0 Å². The lowest BCUT2D eigenvalue weighted by Gasteiger charge is -2.61. The molecule has 1 aromatic rings. The molecule has 4 aliphatic carbocycles. The summed E-state index contributed by atoms with van der Waals surface area (Å²) in [5.74, 6) is 1.24. The lowest BCUT2D eigenvalue weighted by Crippen LogP contribution is -2.58. The van der Waals surface area contributed by atoms with E-state index >= 15 is 0 Å². The van der Waals surface area contributed by atoms with Gasteiger partial charge in [-0.25, -0.2) is 4.79 Å². The molecule has 0 unspecified atom stereocenters. The van der Waals surface area contributed by atoms with E-state index < -0.39 is 0 Å². The average molecular weight is 443 g/mol. The highest BCUT2D eigenvalue weighted by molar-refractivity contribution is 5.66. The van der Waals surface area contributed by atoms with Crippen LogP contribution >= 0.6 is 0 Å². The minimum absolute atomic E-state index is 0.0471. The fraction of sp³-hybridized carbons (Fsp3) is 0.769. The molecule has 0 aromatic carbocycles. The predicted octanol–water partition coefficient (Wildman–Crippen LogP) is 3.80. The third kappa shape index (κ3) is 2.54. The van der Waals surface area contributed by atoms with Gasteiger partial charge < -0.3 is 19.0 Å². The van der Waals surface area contributed by atoms with Crippen molar-refractivity contribution in [3.8, 4) is 0 Å². The van der Waals surface area contributed by atoms with Gasteiger partial charge in [0.25, 0.3) is 0 Å². The molecule has 0 radical (unpaired) electrons. The maximum absolute atomic E-state index is 12.1. The number of rotatable bonds is 2. The van der Waals surface area contributed by atoms with Gasteiger partial charge in [0, 0.05) is 24.3 Å². The fourth-order valence-electron chi connectivity index (χ4n) is 9.10. The van der Waals surface area contributed by atoms with Gasteiger partial charge in [-0.1, -0.05) is 13.8 Å². The first-order chi connectivity index (χ1) is 15.2. The molecule has 5 aliphatic rings. The Labute approximate surface area is 188 Å². The van der Waals surface area contributed by atoms with E-state index in [-0.39, 0.29) is 52.3 Å². The van der Waals surface area contributed by atoms with Crippen LogP contribution in [0.15, 0.2) is 27.6 Å². The van der Waals surface area contributed by atoms with Crippen LogP contribution in [-0.4, -0.2) is 35.0 Å². The Morgan fingerprint density at radius 1 is 1.12 bits per heavy atom. The van der Waals surface area contributed by atoms with Crippen LogP contribution in [0.4, 0.5) is 0 Å². The number of hydrogen-bond donors (Lipinski definition) is 1. The van der Waals surface area contributed by atoms with Gasteiger partial charge in [0.2, 0.25) is 0 Å². The molecule has 5 fully saturated rings. The molecule has 2 heterocycles. The van der Waals surface area contributed by atoms with Crippen molar-refractivity contribution in [2.24, 2.45) is 28.6 Å². The summed E-state index contributed by atoms with van der Waals surface area (Å²) in [6, 6.07) is 3.30. The second-order valence-electron chi connectivity index (χ2n) is 11.6. The van der Waals surface area contributed by atoms with E-state index in [2.05, 4.69) is 13.8 Å². The molecular formula is C26H34O6. The summed E-state index contributed by atoms with van der Waals surface area (Å²) in [5, 5.41) is 10.3. The Morgan fingerprint density at radius 2 is 1.94 bits per heavy atom. The zero-order chi connectivity index (χ0) is 22.5. The van der Waals surface area contributed by atoms with E-state index in [1.54, 1.807) is 6.26 Å². The van der Waals surface area contributed by atoms with Gasteiger partial charge >= 0.3 is 11.6 Å². The zero-order valence-electron chi connectivity index (χ0n) is 19.2. The summed E-state index contributed by atoms with van der Waals surface area (Å²) in [5.41, 5.74) is 0.319. The van der Waals surface area contributed by atoms with Crippen molar-refractivity contribution >= 4 is 5.97 Å². The highest BCUT2D eigenvalue weighted by Crippen LogP contribution is 2.78. The van der Waals surface area contributed by atoms with Crippen molar-refractivity contribution in [2.45, 2.75) is 95.5 Å². The summed E-state index contributed by atoms with van der Waals surface area (Å²) < 4.78 is 17.8. The molecule has 4 saturated carbocycles. The lowest BCUT2D eigenvalue weighted by molar-refractivity contribution is -0.158. The first-order valence-corrected chi connectivity index (χ1v) is 12.3. The lowest BCUT2D eigenvalue weighted by atomic mass is 9.44. The second-order valence-corrected chi connectivity index (χ2v) is 11.6. The van der Waals surface area contributed by atoms with Gasteiger partial charge in [0.1, 0.15) is 17.8 Å². The number of epoxide rings is 1. The van der Waals surface area contributed by atoms with Crippen LogP contribution < -0.4 is 5.63 Å². The minimum Gasteiger partial charge on any atom is -0.459 e. The Morgan fingerprint density at radius 3 is 2.66 bits per heavy atom. The average Bonchev–Trinajstić information content (AvgIpc) is 3.44. The molecule has 1 aromatic heterocycles. The Bertz CT molecular complexity index is 982. The summed E-state index contributed by atoms with van der Waals surface area (Å²) in [4.78, 5) is 23.7. The number of aliphatic hydroxyl groups is 1. The van der Waals surface area contributed by atoms with Crippen LogP contribution in [0, 0.1) is 28.6 Å². The standard InChI is InChI=1S/C26H34O6/c1-14(27)31-22-21(15-4-7-20(29)30-13-15)25(3)11-9-18-19(26(25)23(22)32-26)6-5-16-12-17(28)8-10-24(16,18)2/h4,7,13,16-19,21-23,28H,5-6,8-12H2,1-3H3/t16-,17-,18-,19+,21+,22-,23+,24-,25+,26-/m0/s1. The Balaban J connectivity index is 1.41. The van der Waals surface area contributed by atoms with E-state index in [9.17, 15) is 14.7 Å². The van der Waals surface area contributed by atoms with Gasteiger partial charge in [-0.15, -0.1) is 0 Å². The molecule has 174 valence electrons. The molecule has 10 atom stereocenters. The summed E-state index contributed by atoms with van der Waals surface area (Å²) in [7, 11) is 0. The molecule has 0 bridgehead atoms. The van der Waals surface area contributed by atoms with E-state index in [0.717, 1.165) is 50.5 Å². The fourth-order valence-corrected chi connectivity index (χ4v) is 9.10. The van der Waals surface area contributed by atoms with Crippen LogP contribution in [0.5, 0.6) is 0 Å². The van der Waals surface area contributed by atoms with Crippen LogP contribution in [-0.2, 0) is 14.3 Å². The largest absolute Gasteiger partial charge is 0.459 e. The van der Waals surface area contributed by atoms with Crippen molar-refractivity contribution in [3.63, 3.8) is 0 Å². The van der Waals surface area contributed by atoms with Gasteiger partial charge in [-0.05, 0) is 79.7 Å². The molecule has 6 heteroatoms. The van der Waals surface area contributed by atoms with Crippen LogP contribution in [0.25, 0.3) is 0 Å². The Kier molecular flexibility index (Phi) is 4.37. The van der Waals surface area contributed by atoms with Gasteiger partial charge in [0.05, 0.1) is 12.4 Å². The number of carbonyl (C=O) groups excluding carboxylic acids is 1. The SMILES string of the molecule is CC(=O)O[C@@H]1[C@H]2O[C@@]23[C@@H]2CC[C@H]4C[C@@H](O)CC[C@]4(C)[C@H]2CC[C@]3(C)[C@@H]1c1ccc(=O)oc1. The molecular weight excluding hydrogens is 408 g/mol. The normalized spacial score (nSPS) is 51.1. The van der Waals surface area contributed by atoms with Gasteiger partial charge in [-0.2, -0.15) is 0 Å². The highest BCUT2D eigenvalue weighted by Gasteiger charge is 2.84. The maximum Gasteiger partial charge on any atom is 0.335 e. The number of carbonyl (C=O) groups is 1. The van der Waals surface area contributed by atoms with Crippen LogP contribution in [0.1, 0.15) is 77.2 Å². The van der Waals surface area contributed by atoms with Crippen molar-refractivity contribution in [3.05, 3.63) is 34.4 Å². The summed E-state index contributed by atoms with van der Waals surface area (Å²) in [6.45, 7) is 6.23. The van der Waals surface area contributed by atoms with Crippen molar-refractivity contribution < 1.29 is 23.8 Å². The molecule has 6 nitrogen and oxygen atoms in total. The number of hydrogen-bond acceptors (Lipinski definition) is 6. The molecule has 0 amide bonds. The first-order valence-electron chi connectivity index (χ1n) is 12.3. The van der Waals surface area contributed by atoms with Crippen LogP contribution in [0.3, 0.4) is 0 Å². The molecule has 6 rings (SSSR count). The van der Waals surface area contributed by atoms with Gasteiger partial charge in [0.15, 0.2) is 0 Å². The third-order valence-electron chi connectivity index (χ3n) is 10.5. The zero-order valence-corrected chi connectivity index (χ0v) is 19.2. The second kappa shape index (κ2) is 6.69. The number of fused-ring (bicyclic) bond motifs is 3. The van der Waals surface area contributed by atoms with Crippen molar-refractivity contribution in [2.75, 3.05) is 0 Å². The monoisotopic (exact) mass is 442 g/mol. The highest BCUT2D eigenvalue weighted by atomic mass is 16.7. The Hall–Kier alpha value is -1.66. The summed E-state index contributed by atoms with van der Waals surface area (Å²) >= 11 is 0. The smallest absolute Gasteiger partial charge is 0.335 e. The van der Waals surface area contributed by atoms with Crippen molar-refractivity contribution in [1.29, 1.82) is 0 Å². The number of aliphatic hydroxyl groups excluding tert-OH is 1. The topological polar surface area (TPSA) is 89.3 Å². The van der Waals surface area contributed by atoms with E-state index in [0.29, 0.717) is 17.8 Å².